The normalized spacial score (nSPS) is 10.4. The molecule has 0 bridgehead atoms. The molecule has 128 valence electrons. The number of carbonyl (C=O) groups excluding carboxylic acids is 2. The first-order valence-corrected chi connectivity index (χ1v) is 9.16. The first kappa shape index (κ1) is 17.2. The van der Waals surface area contributed by atoms with Crippen LogP contribution in [0.25, 0.3) is 0 Å². The highest BCUT2D eigenvalue weighted by Crippen LogP contribution is 2.27. The van der Waals surface area contributed by atoms with E-state index in [1.165, 1.54) is 23.1 Å². The number of nitrogens with one attached hydrogen (secondary N) is 2. The summed E-state index contributed by atoms with van der Waals surface area (Å²) in [4.78, 5) is 23.9. The van der Waals surface area contributed by atoms with Crippen molar-refractivity contribution in [2.24, 2.45) is 7.05 Å². The lowest BCUT2D eigenvalue weighted by atomic mass is 10.3. The molecule has 25 heavy (non-hydrogen) atoms. The standard InChI is InChI=1S/C16H15N5O2S2/c1-21-9-5-8-12(21)14(23)18-13(22)10-24-16-20-19-15(25-16)17-11-6-3-2-4-7-11/h2-9H,10H2,1H3,(H,17,19)(H,18,22,23). The molecule has 7 nitrogen and oxygen atoms in total. The number of aromatic nitrogens is 3. The first-order valence-electron chi connectivity index (χ1n) is 7.36. The lowest BCUT2D eigenvalue weighted by Crippen LogP contribution is -2.32. The van der Waals surface area contributed by atoms with Crippen LogP contribution in [0.2, 0.25) is 0 Å². The van der Waals surface area contributed by atoms with Gasteiger partial charge in [-0.05, 0) is 24.3 Å². The van der Waals surface area contributed by atoms with Gasteiger partial charge >= 0.3 is 0 Å². The van der Waals surface area contributed by atoms with Crippen LogP contribution in [-0.2, 0) is 11.8 Å². The fourth-order valence-corrected chi connectivity index (χ4v) is 3.59. The lowest BCUT2D eigenvalue weighted by Gasteiger charge is -2.04. The summed E-state index contributed by atoms with van der Waals surface area (Å²) in [6.45, 7) is 0. The third-order valence-corrected chi connectivity index (χ3v) is 5.16. The number of hydrogen-bond donors (Lipinski definition) is 2. The molecule has 2 aromatic heterocycles. The van der Waals surface area contributed by atoms with Gasteiger partial charge in [0.15, 0.2) is 4.34 Å². The van der Waals surface area contributed by atoms with E-state index in [9.17, 15) is 9.59 Å². The van der Waals surface area contributed by atoms with E-state index in [1.54, 1.807) is 29.9 Å². The second-order valence-electron chi connectivity index (χ2n) is 5.03. The molecule has 3 rings (SSSR count). The molecular weight excluding hydrogens is 358 g/mol. The molecule has 0 saturated heterocycles. The van der Waals surface area contributed by atoms with Gasteiger partial charge in [0, 0.05) is 18.9 Å². The summed E-state index contributed by atoms with van der Waals surface area (Å²) < 4.78 is 2.31. The SMILES string of the molecule is Cn1cccc1C(=O)NC(=O)CSc1nnc(Nc2ccccc2)s1. The molecule has 9 heteroatoms. The summed E-state index contributed by atoms with van der Waals surface area (Å²) >= 11 is 2.59. The van der Waals surface area contributed by atoms with Crippen molar-refractivity contribution in [2.45, 2.75) is 4.34 Å². The molecule has 1 aromatic carbocycles. The number of para-hydroxylation sites is 1. The van der Waals surface area contributed by atoms with Crippen LogP contribution < -0.4 is 10.6 Å². The largest absolute Gasteiger partial charge is 0.347 e. The Labute approximate surface area is 152 Å². The Balaban J connectivity index is 1.49. The Morgan fingerprint density at radius 3 is 2.68 bits per heavy atom. The number of rotatable bonds is 6. The zero-order valence-electron chi connectivity index (χ0n) is 13.3. The Morgan fingerprint density at radius 1 is 1.16 bits per heavy atom. The molecule has 0 radical (unpaired) electrons. The van der Waals surface area contributed by atoms with E-state index in [0.717, 1.165) is 5.69 Å². The molecule has 0 aliphatic heterocycles. The Hall–Kier alpha value is -2.65. The van der Waals surface area contributed by atoms with Crippen LogP contribution in [0.5, 0.6) is 0 Å². The van der Waals surface area contributed by atoms with Crippen LogP contribution in [0.15, 0.2) is 53.0 Å². The Bertz CT molecular complexity index is 876. The number of imide groups is 1. The van der Waals surface area contributed by atoms with Crippen molar-refractivity contribution in [3.63, 3.8) is 0 Å². The number of amides is 2. The molecule has 0 unspecified atom stereocenters. The van der Waals surface area contributed by atoms with Crippen LogP contribution in [0.3, 0.4) is 0 Å². The average molecular weight is 373 g/mol. The monoisotopic (exact) mass is 373 g/mol. The number of benzene rings is 1. The van der Waals surface area contributed by atoms with Gasteiger partial charge in [-0.25, -0.2) is 0 Å². The van der Waals surface area contributed by atoms with E-state index in [4.69, 9.17) is 0 Å². The van der Waals surface area contributed by atoms with Gasteiger partial charge in [0.05, 0.1) is 5.75 Å². The van der Waals surface area contributed by atoms with Crippen molar-refractivity contribution >= 4 is 45.7 Å². The predicted molar refractivity (Wildman–Crippen MR) is 98.2 cm³/mol. The summed E-state index contributed by atoms with van der Waals surface area (Å²) in [5.74, 6) is -0.693. The van der Waals surface area contributed by atoms with Gasteiger partial charge < -0.3 is 9.88 Å². The predicted octanol–water partition coefficient (Wildman–Crippen LogP) is 2.67. The van der Waals surface area contributed by atoms with Gasteiger partial charge in [-0.15, -0.1) is 10.2 Å². The van der Waals surface area contributed by atoms with Gasteiger partial charge in [-0.2, -0.15) is 0 Å². The second-order valence-corrected chi connectivity index (χ2v) is 7.23. The number of hydrogen-bond acceptors (Lipinski definition) is 7. The van der Waals surface area contributed by atoms with E-state index < -0.39 is 5.91 Å². The smallest absolute Gasteiger partial charge is 0.274 e. The van der Waals surface area contributed by atoms with Gasteiger partial charge in [0.1, 0.15) is 5.69 Å². The molecule has 2 N–H and O–H groups in total. The molecule has 0 fully saturated rings. The van der Waals surface area contributed by atoms with E-state index in [0.29, 0.717) is 15.2 Å². The molecule has 0 spiro atoms. The minimum Gasteiger partial charge on any atom is -0.347 e. The highest BCUT2D eigenvalue weighted by atomic mass is 32.2. The third kappa shape index (κ3) is 4.68. The van der Waals surface area contributed by atoms with Crippen molar-refractivity contribution in [3.05, 3.63) is 54.4 Å². The molecule has 0 aliphatic carbocycles. The number of anilines is 2. The maximum atomic E-state index is 12.0. The summed E-state index contributed by atoms with van der Waals surface area (Å²) in [6.07, 6.45) is 1.75. The molecule has 0 atom stereocenters. The Kier molecular flexibility index (Phi) is 5.46. The van der Waals surface area contributed by atoms with E-state index in [1.807, 2.05) is 30.3 Å². The van der Waals surface area contributed by atoms with E-state index in [2.05, 4.69) is 20.8 Å². The molecule has 2 amide bonds. The molecule has 2 heterocycles. The van der Waals surface area contributed by atoms with E-state index in [-0.39, 0.29) is 11.7 Å². The molecule has 0 saturated carbocycles. The second kappa shape index (κ2) is 7.95. The number of thioether (sulfide) groups is 1. The third-order valence-electron chi connectivity index (χ3n) is 3.19. The maximum absolute atomic E-state index is 12.0. The Morgan fingerprint density at radius 2 is 1.96 bits per heavy atom. The lowest BCUT2D eigenvalue weighted by molar-refractivity contribution is -0.117. The minimum absolute atomic E-state index is 0.0934. The molecule has 0 aliphatic rings. The van der Waals surface area contributed by atoms with Gasteiger partial charge in [-0.1, -0.05) is 41.3 Å². The fourth-order valence-electron chi connectivity index (χ4n) is 2.01. The first-order chi connectivity index (χ1) is 12.1. The minimum atomic E-state index is -0.415. The van der Waals surface area contributed by atoms with E-state index >= 15 is 0 Å². The van der Waals surface area contributed by atoms with Crippen molar-refractivity contribution < 1.29 is 9.59 Å². The highest BCUT2D eigenvalue weighted by molar-refractivity contribution is 8.01. The van der Waals surface area contributed by atoms with Crippen LogP contribution in [0.1, 0.15) is 10.5 Å². The highest BCUT2D eigenvalue weighted by Gasteiger charge is 2.14. The zero-order valence-corrected chi connectivity index (χ0v) is 14.9. The number of nitrogens with zero attached hydrogens (tertiary/aromatic N) is 3. The molecule has 3 aromatic rings. The summed E-state index contributed by atoms with van der Waals surface area (Å²) in [7, 11) is 1.75. The summed E-state index contributed by atoms with van der Waals surface area (Å²) in [5, 5.41) is 14.2. The van der Waals surface area contributed by atoms with Crippen molar-refractivity contribution in [1.29, 1.82) is 0 Å². The quantitative estimate of drug-likeness (QED) is 0.646. The number of aryl methyl sites for hydroxylation is 1. The fraction of sp³-hybridized carbons (Fsp3) is 0.125. The summed E-state index contributed by atoms with van der Waals surface area (Å²) in [6, 6.07) is 13.0. The topological polar surface area (TPSA) is 88.9 Å². The van der Waals surface area contributed by atoms with Crippen LogP contribution in [-0.4, -0.2) is 32.3 Å². The van der Waals surface area contributed by atoms with Crippen molar-refractivity contribution in [3.8, 4) is 0 Å². The maximum Gasteiger partial charge on any atom is 0.274 e. The molecular formula is C16H15N5O2S2. The van der Waals surface area contributed by atoms with Crippen LogP contribution in [0.4, 0.5) is 10.8 Å². The van der Waals surface area contributed by atoms with Crippen LogP contribution in [0, 0.1) is 0 Å². The van der Waals surface area contributed by atoms with Crippen LogP contribution >= 0.6 is 23.1 Å². The zero-order chi connectivity index (χ0) is 17.6. The average Bonchev–Trinajstić information content (AvgIpc) is 3.23. The van der Waals surface area contributed by atoms with Gasteiger partial charge in [0.2, 0.25) is 11.0 Å². The summed E-state index contributed by atoms with van der Waals surface area (Å²) in [5.41, 5.74) is 1.35. The van der Waals surface area contributed by atoms with Gasteiger partial charge in [-0.3, -0.25) is 14.9 Å². The number of carbonyl (C=O) groups is 2. The van der Waals surface area contributed by atoms with Crippen molar-refractivity contribution in [2.75, 3.05) is 11.1 Å². The van der Waals surface area contributed by atoms with Crippen molar-refractivity contribution in [1.82, 2.24) is 20.1 Å². The van der Waals surface area contributed by atoms with Gasteiger partial charge in [0.25, 0.3) is 5.91 Å².